The molecule has 0 aromatic rings. The summed E-state index contributed by atoms with van der Waals surface area (Å²) in [5.41, 5.74) is 0. The van der Waals surface area contributed by atoms with Gasteiger partial charge in [0.15, 0.2) is 0 Å². The van der Waals surface area contributed by atoms with E-state index in [1.165, 1.54) is 25.7 Å². The predicted octanol–water partition coefficient (Wildman–Crippen LogP) is 2.10. The molecule has 1 saturated carbocycles. The Morgan fingerprint density at radius 1 is 1.00 bits per heavy atom. The number of hydrogen-bond donors (Lipinski definition) is 1. The Morgan fingerprint density at radius 3 is 2.50 bits per heavy atom. The van der Waals surface area contributed by atoms with Crippen LogP contribution in [0.25, 0.3) is 0 Å². The Morgan fingerprint density at radius 2 is 1.75 bits per heavy atom. The lowest BCUT2D eigenvalue weighted by Gasteiger charge is -2.34. The summed E-state index contributed by atoms with van der Waals surface area (Å²) in [4.78, 5) is 0. The fourth-order valence-corrected chi connectivity index (χ4v) is 2.92. The summed E-state index contributed by atoms with van der Waals surface area (Å²) in [6, 6.07) is 0.612. The summed E-state index contributed by atoms with van der Waals surface area (Å²) in [6.07, 6.45) is 8.44. The second-order valence-electron chi connectivity index (χ2n) is 5.28. The minimum atomic E-state index is 0.429. The van der Waals surface area contributed by atoms with E-state index < -0.39 is 0 Å². The SMILES string of the molecule is COC1CCCC(OC2CCNC(C)C2)C1. The fourth-order valence-electron chi connectivity index (χ4n) is 2.92. The third kappa shape index (κ3) is 3.44. The van der Waals surface area contributed by atoms with Crippen LogP contribution in [0.3, 0.4) is 0 Å². The van der Waals surface area contributed by atoms with Gasteiger partial charge in [0.25, 0.3) is 0 Å². The van der Waals surface area contributed by atoms with Gasteiger partial charge in [-0.15, -0.1) is 0 Å². The lowest BCUT2D eigenvalue weighted by atomic mass is 9.94. The average Bonchev–Trinajstić information content (AvgIpc) is 2.29. The zero-order valence-electron chi connectivity index (χ0n) is 10.6. The molecule has 2 rings (SSSR count). The van der Waals surface area contributed by atoms with Crippen LogP contribution in [0.15, 0.2) is 0 Å². The summed E-state index contributed by atoms with van der Waals surface area (Å²) >= 11 is 0. The summed E-state index contributed by atoms with van der Waals surface area (Å²) in [7, 11) is 1.82. The highest BCUT2D eigenvalue weighted by molar-refractivity contribution is 4.79. The van der Waals surface area contributed by atoms with Crippen LogP contribution in [0.1, 0.15) is 45.4 Å². The quantitative estimate of drug-likeness (QED) is 0.801. The van der Waals surface area contributed by atoms with E-state index in [1.807, 2.05) is 7.11 Å². The molecule has 0 bridgehead atoms. The second-order valence-corrected chi connectivity index (χ2v) is 5.28. The van der Waals surface area contributed by atoms with Gasteiger partial charge in [0.1, 0.15) is 0 Å². The Balaban J connectivity index is 1.75. The van der Waals surface area contributed by atoms with Crippen LogP contribution in [0.4, 0.5) is 0 Å². The van der Waals surface area contributed by atoms with Crippen molar-refractivity contribution in [1.29, 1.82) is 0 Å². The van der Waals surface area contributed by atoms with Crippen LogP contribution in [-0.2, 0) is 9.47 Å². The largest absolute Gasteiger partial charge is 0.381 e. The van der Waals surface area contributed by atoms with Gasteiger partial charge in [-0.05, 0) is 52.0 Å². The molecule has 94 valence electrons. The number of hydrogen-bond acceptors (Lipinski definition) is 3. The van der Waals surface area contributed by atoms with Crippen molar-refractivity contribution in [1.82, 2.24) is 5.32 Å². The van der Waals surface area contributed by atoms with Gasteiger partial charge in [0, 0.05) is 13.2 Å². The van der Waals surface area contributed by atoms with Gasteiger partial charge in [-0.25, -0.2) is 0 Å². The minimum Gasteiger partial charge on any atom is -0.381 e. The van der Waals surface area contributed by atoms with Crippen molar-refractivity contribution < 1.29 is 9.47 Å². The van der Waals surface area contributed by atoms with Crippen LogP contribution in [0.2, 0.25) is 0 Å². The van der Waals surface area contributed by atoms with Crippen molar-refractivity contribution >= 4 is 0 Å². The molecule has 16 heavy (non-hydrogen) atoms. The molecule has 0 spiro atoms. The van der Waals surface area contributed by atoms with Crippen molar-refractivity contribution in [3.63, 3.8) is 0 Å². The van der Waals surface area contributed by atoms with Gasteiger partial charge >= 0.3 is 0 Å². The fraction of sp³-hybridized carbons (Fsp3) is 1.00. The van der Waals surface area contributed by atoms with E-state index in [0.29, 0.717) is 24.4 Å². The number of methoxy groups -OCH3 is 1. The van der Waals surface area contributed by atoms with E-state index in [9.17, 15) is 0 Å². The zero-order chi connectivity index (χ0) is 11.4. The molecule has 3 heteroatoms. The van der Waals surface area contributed by atoms with E-state index in [4.69, 9.17) is 9.47 Å². The van der Waals surface area contributed by atoms with Gasteiger partial charge in [-0.1, -0.05) is 0 Å². The van der Waals surface area contributed by atoms with Gasteiger partial charge < -0.3 is 14.8 Å². The zero-order valence-corrected chi connectivity index (χ0v) is 10.6. The number of ether oxygens (including phenoxy) is 2. The highest BCUT2D eigenvalue weighted by Crippen LogP contribution is 2.26. The highest BCUT2D eigenvalue weighted by atomic mass is 16.5. The summed E-state index contributed by atoms with van der Waals surface area (Å²) in [5.74, 6) is 0. The molecule has 4 unspecified atom stereocenters. The van der Waals surface area contributed by atoms with Crippen LogP contribution < -0.4 is 5.32 Å². The van der Waals surface area contributed by atoms with E-state index in [0.717, 1.165) is 19.4 Å². The lowest BCUT2D eigenvalue weighted by Crippen LogP contribution is -2.41. The first kappa shape index (κ1) is 12.3. The van der Waals surface area contributed by atoms with Crippen molar-refractivity contribution in [3.8, 4) is 0 Å². The van der Waals surface area contributed by atoms with Crippen molar-refractivity contribution in [3.05, 3.63) is 0 Å². The van der Waals surface area contributed by atoms with Crippen LogP contribution in [-0.4, -0.2) is 38.0 Å². The highest BCUT2D eigenvalue weighted by Gasteiger charge is 2.27. The molecule has 2 aliphatic rings. The lowest BCUT2D eigenvalue weighted by molar-refractivity contribution is -0.0763. The number of piperidine rings is 1. The second kappa shape index (κ2) is 5.99. The molecular formula is C13H25NO2. The molecule has 0 aromatic heterocycles. The van der Waals surface area contributed by atoms with Gasteiger partial charge in [0.2, 0.25) is 0 Å². The van der Waals surface area contributed by atoms with E-state index in [1.54, 1.807) is 0 Å². The standard InChI is InChI=1S/C13H25NO2/c1-10-8-13(6-7-14-10)16-12-5-3-4-11(9-12)15-2/h10-14H,3-9H2,1-2H3. The molecule has 0 radical (unpaired) electrons. The first-order valence-electron chi connectivity index (χ1n) is 6.69. The van der Waals surface area contributed by atoms with Crippen molar-refractivity contribution in [2.75, 3.05) is 13.7 Å². The molecule has 0 amide bonds. The maximum atomic E-state index is 6.21. The average molecular weight is 227 g/mol. The minimum absolute atomic E-state index is 0.429. The first-order chi connectivity index (χ1) is 7.78. The maximum absolute atomic E-state index is 6.21. The van der Waals surface area contributed by atoms with Crippen LogP contribution >= 0.6 is 0 Å². The molecule has 1 aliphatic heterocycles. The molecule has 1 heterocycles. The van der Waals surface area contributed by atoms with Gasteiger partial charge in [-0.3, -0.25) is 0 Å². The molecule has 2 fully saturated rings. The van der Waals surface area contributed by atoms with Crippen molar-refractivity contribution in [2.45, 2.75) is 69.8 Å². The summed E-state index contributed by atoms with van der Waals surface area (Å²) < 4.78 is 11.7. The Hall–Kier alpha value is -0.120. The third-order valence-corrected chi connectivity index (χ3v) is 3.87. The monoisotopic (exact) mass is 227 g/mol. The molecule has 1 saturated heterocycles. The molecule has 1 N–H and O–H groups in total. The van der Waals surface area contributed by atoms with E-state index >= 15 is 0 Å². The van der Waals surface area contributed by atoms with E-state index in [2.05, 4.69) is 12.2 Å². The molecule has 0 aromatic carbocycles. The van der Waals surface area contributed by atoms with Gasteiger partial charge in [0.05, 0.1) is 18.3 Å². The normalized spacial score (nSPS) is 40.9. The van der Waals surface area contributed by atoms with E-state index in [-0.39, 0.29) is 0 Å². The summed E-state index contributed by atoms with van der Waals surface area (Å²) in [5, 5.41) is 3.46. The first-order valence-corrected chi connectivity index (χ1v) is 6.69. The van der Waals surface area contributed by atoms with Crippen LogP contribution in [0.5, 0.6) is 0 Å². The molecular weight excluding hydrogens is 202 g/mol. The Labute approximate surface area is 98.9 Å². The molecule has 1 aliphatic carbocycles. The van der Waals surface area contributed by atoms with Gasteiger partial charge in [-0.2, -0.15) is 0 Å². The van der Waals surface area contributed by atoms with Crippen LogP contribution in [0, 0.1) is 0 Å². The maximum Gasteiger partial charge on any atom is 0.0605 e. The molecule has 3 nitrogen and oxygen atoms in total. The third-order valence-electron chi connectivity index (χ3n) is 3.87. The number of rotatable bonds is 3. The van der Waals surface area contributed by atoms with Crippen molar-refractivity contribution in [2.24, 2.45) is 0 Å². The predicted molar refractivity (Wildman–Crippen MR) is 64.6 cm³/mol. The number of nitrogens with one attached hydrogen (secondary N) is 1. The smallest absolute Gasteiger partial charge is 0.0605 e. The summed E-state index contributed by atoms with van der Waals surface area (Å²) in [6.45, 7) is 3.35. The Bertz CT molecular complexity index is 210. The molecule has 4 atom stereocenters. The topological polar surface area (TPSA) is 30.5 Å². The Kier molecular flexibility index (Phi) is 4.62.